The van der Waals surface area contributed by atoms with Crippen LogP contribution in [0.4, 0.5) is 5.69 Å². The van der Waals surface area contributed by atoms with Crippen molar-refractivity contribution >= 4 is 52.4 Å². The van der Waals surface area contributed by atoms with Gasteiger partial charge >= 0.3 is 5.97 Å². The van der Waals surface area contributed by atoms with Gasteiger partial charge in [0.1, 0.15) is 17.1 Å². The summed E-state index contributed by atoms with van der Waals surface area (Å²) in [5, 5.41) is 3.70. The summed E-state index contributed by atoms with van der Waals surface area (Å²) in [7, 11) is 0. The van der Waals surface area contributed by atoms with E-state index in [1.54, 1.807) is 25.1 Å². The number of amides is 1. The first-order valence-electron chi connectivity index (χ1n) is 8.73. The van der Waals surface area contributed by atoms with Crippen LogP contribution in [0, 0.1) is 0 Å². The van der Waals surface area contributed by atoms with Crippen LogP contribution in [0.3, 0.4) is 0 Å². The van der Waals surface area contributed by atoms with Crippen LogP contribution in [0.1, 0.15) is 27.6 Å². The van der Waals surface area contributed by atoms with E-state index in [1.807, 2.05) is 0 Å². The Balaban J connectivity index is 1.90. The fourth-order valence-electron chi connectivity index (χ4n) is 2.51. The number of carbonyl (C=O) groups excluding carboxylic acids is 2. The first-order valence-corrected chi connectivity index (χ1v) is 9.86. The van der Waals surface area contributed by atoms with E-state index in [0.717, 1.165) is 0 Å². The molecule has 1 heterocycles. The topological polar surface area (TPSA) is 77.5 Å². The van der Waals surface area contributed by atoms with Crippen molar-refractivity contribution < 1.29 is 19.1 Å². The molecule has 30 heavy (non-hydrogen) atoms. The third-order valence-corrected chi connectivity index (χ3v) is 4.57. The largest absolute Gasteiger partial charge is 0.462 e. The monoisotopic (exact) mass is 464 g/mol. The predicted octanol–water partition coefficient (Wildman–Crippen LogP) is 6.26. The Hall–Kier alpha value is -2.80. The molecule has 1 amide bonds. The number of pyridine rings is 1. The van der Waals surface area contributed by atoms with Gasteiger partial charge < -0.3 is 14.8 Å². The smallest absolute Gasteiger partial charge is 0.342 e. The number of ether oxygens (including phenoxy) is 2. The number of hydrogen-bond donors (Lipinski definition) is 1. The number of rotatable bonds is 6. The summed E-state index contributed by atoms with van der Waals surface area (Å²) in [6.45, 7) is 1.86. The highest BCUT2D eigenvalue weighted by Gasteiger charge is 2.18. The third-order valence-electron chi connectivity index (χ3n) is 3.82. The Morgan fingerprint density at radius 3 is 2.47 bits per heavy atom. The Labute approximate surface area is 187 Å². The first-order chi connectivity index (χ1) is 14.4. The highest BCUT2D eigenvalue weighted by atomic mass is 35.5. The number of anilines is 1. The zero-order chi connectivity index (χ0) is 21.7. The van der Waals surface area contributed by atoms with Crippen molar-refractivity contribution in [1.29, 1.82) is 0 Å². The van der Waals surface area contributed by atoms with E-state index in [2.05, 4.69) is 10.3 Å². The number of carbonyl (C=O) groups is 2. The molecule has 0 fully saturated rings. The minimum absolute atomic E-state index is 0.122. The van der Waals surface area contributed by atoms with E-state index < -0.39 is 11.9 Å². The SMILES string of the molecule is CCOC(=O)c1cc(NC(=O)c2ccc(Cl)cc2Cl)ccc1Oc1cncc(Cl)c1. The zero-order valence-electron chi connectivity index (χ0n) is 15.6. The van der Waals surface area contributed by atoms with Crippen molar-refractivity contribution in [3.63, 3.8) is 0 Å². The lowest BCUT2D eigenvalue weighted by Crippen LogP contribution is -2.14. The van der Waals surface area contributed by atoms with Gasteiger partial charge in [0.25, 0.3) is 5.91 Å². The molecule has 9 heteroatoms. The van der Waals surface area contributed by atoms with E-state index >= 15 is 0 Å². The number of hydrogen-bond acceptors (Lipinski definition) is 5. The lowest BCUT2D eigenvalue weighted by atomic mass is 10.1. The summed E-state index contributed by atoms with van der Waals surface area (Å²) in [6, 6.07) is 10.7. The third kappa shape index (κ3) is 5.42. The van der Waals surface area contributed by atoms with E-state index in [0.29, 0.717) is 21.5 Å². The fraction of sp³-hybridized carbons (Fsp3) is 0.0952. The van der Waals surface area contributed by atoms with Gasteiger partial charge in [-0.1, -0.05) is 34.8 Å². The van der Waals surface area contributed by atoms with E-state index in [9.17, 15) is 9.59 Å². The molecule has 0 unspecified atom stereocenters. The van der Waals surface area contributed by atoms with Crippen LogP contribution in [-0.2, 0) is 4.74 Å². The molecule has 0 aliphatic rings. The van der Waals surface area contributed by atoms with Crippen LogP contribution in [0.2, 0.25) is 15.1 Å². The number of halogens is 3. The van der Waals surface area contributed by atoms with Crippen molar-refractivity contribution in [1.82, 2.24) is 4.98 Å². The fourth-order valence-corrected chi connectivity index (χ4v) is 3.17. The van der Waals surface area contributed by atoms with Gasteiger partial charge in [-0.05, 0) is 43.3 Å². The van der Waals surface area contributed by atoms with Crippen LogP contribution in [0.25, 0.3) is 0 Å². The Bertz CT molecular complexity index is 1110. The standard InChI is InChI=1S/C21H15Cl3N2O4/c1-2-29-21(28)17-9-14(26-20(27)16-5-3-12(22)8-18(16)24)4-6-19(17)30-15-7-13(23)10-25-11-15/h3-11H,2H2,1H3,(H,26,27). The van der Waals surface area contributed by atoms with Crippen molar-refractivity contribution in [3.8, 4) is 11.5 Å². The molecule has 0 atom stereocenters. The lowest BCUT2D eigenvalue weighted by molar-refractivity contribution is 0.0523. The molecule has 3 aromatic rings. The molecule has 0 bridgehead atoms. The first kappa shape index (κ1) is 21.9. The van der Waals surface area contributed by atoms with Gasteiger partial charge in [-0.15, -0.1) is 0 Å². The van der Waals surface area contributed by atoms with Gasteiger partial charge in [0.15, 0.2) is 0 Å². The summed E-state index contributed by atoms with van der Waals surface area (Å²) in [6.07, 6.45) is 2.92. The second kappa shape index (κ2) is 9.80. The average molecular weight is 466 g/mol. The Morgan fingerprint density at radius 1 is 0.967 bits per heavy atom. The van der Waals surface area contributed by atoms with Gasteiger partial charge in [-0.2, -0.15) is 0 Å². The molecule has 0 aliphatic heterocycles. The predicted molar refractivity (Wildman–Crippen MR) is 116 cm³/mol. The average Bonchev–Trinajstić information content (AvgIpc) is 2.69. The molecular formula is C21H15Cl3N2O4. The van der Waals surface area contributed by atoms with Crippen molar-refractivity contribution in [2.24, 2.45) is 0 Å². The molecular weight excluding hydrogens is 451 g/mol. The van der Waals surface area contributed by atoms with E-state index in [-0.39, 0.29) is 28.5 Å². The maximum Gasteiger partial charge on any atom is 0.342 e. The van der Waals surface area contributed by atoms with Crippen LogP contribution >= 0.6 is 34.8 Å². The number of nitrogens with zero attached hydrogens (tertiary/aromatic N) is 1. The van der Waals surface area contributed by atoms with Gasteiger partial charge in [-0.25, -0.2) is 4.79 Å². The van der Waals surface area contributed by atoms with Crippen LogP contribution in [0.5, 0.6) is 11.5 Å². The van der Waals surface area contributed by atoms with Crippen LogP contribution < -0.4 is 10.1 Å². The van der Waals surface area contributed by atoms with E-state index in [1.165, 1.54) is 36.7 Å². The highest BCUT2D eigenvalue weighted by Crippen LogP contribution is 2.30. The lowest BCUT2D eigenvalue weighted by Gasteiger charge is -2.13. The summed E-state index contributed by atoms with van der Waals surface area (Å²) in [5.41, 5.74) is 0.714. The molecule has 0 spiro atoms. The molecule has 1 aromatic heterocycles. The summed E-state index contributed by atoms with van der Waals surface area (Å²) >= 11 is 17.9. The normalized spacial score (nSPS) is 10.4. The summed E-state index contributed by atoms with van der Waals surface area (Å²) < 4.78 is 10.8. The van der Waals surface area contributed by atoms with Crippen LogP contribution in [0.15, 0.2) is 54.9 Å². The van der Waals surface area contributed by atoms with Crippen molar-refractivity contribution in [2.45, 2.75) is 6.92 Å². The zero-order valence-corrected chi connectivity index (χ0v) is 17.9. The van der Waals surface area contributed by atoms with Crippen molar-refractivity contribution in [3.05, 3.63) is 81.1 Å². The molecule has 3 rings (SSSR count). The number of aromatic nitrogens is 1. The maximum absolute atomic E-state index is 12.6. The van der Waals surface area contributed by atoms with Crippen molar-refractivity contribution in [2.75, 3.05) is 11.9 Å². The summed E-state index contributed by atoms with van der Waals surface area (Å²) in [5.74, 6) is -0.500. The minimum atomic E-state index is -0.608. The molecule has 6 nitrogen and oxygen atoms in total. The number of esters is 1. The molecule has 2 aromatic carbocycles. The Morgan fingerprint density at radius 2 is 1.77 bits per heavy atom. The molecule has 0 saturated carbocycles. The molecule has 0 aliphatic carbocycles. The van der Waals surface area contributed by atoms with Gasteiger partial charge in [0, 0.05) is 23.0 Å². The van der Waals surface area contributed by atoms with Gasteiger partial charge in [-0.3, -0.25) is 9.78 Å². The minimum Gasteiger partial charge on any atom is -0.462 e. The van der Waals surface area contributed by atoms with Crippen LogP contribution in [-0.4, -0.2) is 23.5 Å². The maximum atomic E-state index is 12.6. The molecule has 0 radical (unpaired) electrons. The van der Waals surface area contributed by atoms with E-state index in [4.69, 9.17) is 44.3 Å². The second-order valence-electron chi connectivity index (χ2n) is 5.95. The number of nitrogens with one attached hydrogen (secondary N) is 1. The second-order valence-corrected chi connectivity index (χ2v) is 7.23. The Kier molecular flexibility index (Phi) is 7.15. The van der Waals surface area contributed by atoms with Gasteiger partial charge in [0.2, 0.25) is 0 Å². The summed E-state index contributed by atoms with van der Waals surface area (Å²) in [4.78, 5) is 28.9. The highest BCUT2D eigenvalue weighted by molar-refractivity contribution is 6.37. The quantitative estimate of drug-likeness (QED) is 0.435. The molecule has 1 N–H and O–H groups in total. The van der Waals surface area contributed by atoms with Gasteiger partial charge in [0.05, 0.1) is 28.4 Å². The number of benzene rings is 2. The molecule has 154 valence electrons. The molecule has 0 saturated heterocycles.